The number of hydrogen-bond donors (Lipinski definition) is 3. The van der Waals surface area contributed by atoms with Gasteiger partial charge in [-0.2, -0.15) is 0 Å². The number of halogens is 1. The Labute approximate surface area is 92.3 Å². The van der Waals surface area contributed by atoms with E-state index in [0.717, 1.165) is 0 Å². The maximum atomic E-state index is 10.7. The molecule has 0 heterocycles. The van der Waals surface area contributed by atoms with Gasteiger partial charge in [-0.05, 0) is 11.1 Å². The van der Waals surface area contributed by atoms with Crippen molar-refractivity contribution in [1.82, 2.24) is 0 Å². The van der Waals surface area contributed by atoms with Crippen LogP contribution in [0.2, 0.25) is 0 Å². The van der Waals surface area contributed by atoms with Crippen LogP contribution < -0.4 is 5.73 Å². The second-order valence-electron chi connectivity index (χ2n) is 3.12. The lowest BCUT2D eigenvalue weighted by Gasteiger charge is -2.17. The largest absolute Gasteiger partial charge is 0.385 e. The lowest BCUT2D eigenvalue weighted by atomic mass is 9.99. The van der Waals surface area contributed by atoms with Gasteiger partial charge in [0.2, 0.25) is 5.91 Å². The predicted molar refractivity (Wildman–Crippen MR) is 56.2 cm³/mol. The summed E-state index contributed by atoms with van der Waals surface area (Å²) in [6.07, 6.45) is -2.95. The van der Waals surface area contributed by atoms with E-state index < -0.39 is 18.1 Å². The third-order valence-corrected chi connectivity index (χ3v) is 2.40. The summed E-state index contributed by atoms with van der Waals surface area (Å²) >= 11 is 5.65. The van der Waals surface area contributed by atoms with E-state index in [9.17, 15) is 15.0 Å². The quantitative estimate of drug-likeness (QED) is 0.650. The van der Waals surface area contributed by atoms with Gasteiger partial charge in [-0.3, -0.25) is 4.79 Å². The van der Waals surface area contributed by atoms with Crippen molar-refractivity contribution in [2.24, 2.45) is 5.73 Å². The fourth-order valence-corrected chi connectivity index (χ4v) is 1.51. The van der Waals surface area contributed by atoms with E-state index in [4.69, 9.17) is 17.3 Å². The highest BCUT2D eigenvalue weighted by molar-refractivity contribution is 6.17. The van der Waals surface area contributed by atoms with Crippen LogP contribution in [0.3, 0.4) is 0 Å². The maximum absolute atomic E-state index is 10.7. The molecule has 0 bridgehead atoms. The van der Waals surface area contributed by atoms with Gasteiger partial charge in [0.1, 0.15) is 6.10 Å². The highest BCUT2D eigenvalue weighted by Gasteiger charge is 2.24. The highest BCUT2D eigenvalue weighted by atomic mass is 35.5. The Bertz CT molecular complexity index is 356. The average molecular weight is 230 g/mol. The van der Waals surface area contributed by atoms with E-state index in [1.807, 2.05) is 0 Å². The van der Waals surface area contributed by atoms with E-state index in [1.165, 1.54) is 0 Å². The minimum absolute atomic E-state index is 0.193. The zero-order valence-corrected chi connectivity index (χ0v) is 8.69. The molecule has 2 atom stereocenters. The third kappa shape index (κ3) is 2.68. The molecule has 4 nitrogen and oxygen atoms in total. The van der Waals surface area contributed by atoms with Crippen molar-refractivity contribution in [1.29, 1.82) is 0 Å². The van der Waals surface area contributed by atoms with Crippen LogP contribution in [0.25, 0.3) is 0 Å². The predicted octanol–water partition coefficient (Wildman–Crippen LogP) is 0.305. The van der Waals surface area contributed by atoms with E-state index >= 15 is 0 Å². The molecule has 0 aliphatic heterocycles. The number of primary amides is 1. The topological polar surface area (TPSA) is 83.6 Å². The number of nitrogens with two attached hydrogens (primary N) is 1. The molecule has 1 amide bonds. The van der Waals surface area contributed by atoms with E-state index in [0.29, 0.717) is 11.1 Å². The Morgan fingerprint density at radius 3 is 2.53 bits per heavy atom. The molecule has 1 aromatic rings. The number of benzene rings is 1. The molecule has 0 fully saturated rings. The summed E-state index contributed by atoms with van der Waals surface area (Å²) in [5, 5.41) is 19.0. The molecule has 0 spiro atoms. The van der Waals surface area contributed by atoms with Crippen LogP contribution in [-0.2, 0) is 10.7 Å². The monoisotopic (exact) mass is 229 g/mol. The van der Waals surface area contributed by atoms with Crippen LogP contribution >= 0.6 is 11.6 Å². The molecule has 4 N–H and O–H groups in total. The molecule has 0 saturated carbocycles. The van der Waals surface area contributed by atoms with Gasteiger partial charge >= 0.3 is 0 Å². The fourth-order valence-electron chi connectivity index (χ4n) is 1.27. The van der Waals surface area contributed by atoms with Gasteiger partial charge in [0, 0.05) is 5.88 Å². The molecular weight excluding hydrogens is 218 g/mol. The van der Waals surface area contributed by atoms with Crippen molar-refractivity contribution in [3.8, 4) is 0 Å². The van der Waals surface area contributed by atoms with Crippen LogP contribution in [0.4, 0.5) is 0 Å². The number of rotatable bonds is 4. The molecule has 0 radical (unpaired) electrons. The summed E-state index contributed by atoms with van der Waals surface area (Å²) in [7, 11) is 0. The first-order chi connectivity index (χ1) is 7.07. The van der Waals surface area contributed by atoms with Gasteiger partial charge < -0.3 is 15.9 Å². The molecule has 0 aromatic heterocycles. The standard InChI is InChI=1S/C10H12ClNO3/c11-5-6-3-1-2-4-7(6)8(13)9(14)10(12)15/h1-4,8-9,13-14H,5H2,(H2,12,15). The summed E-state index contributed by atoms with van der Waals surface area (Å²) < 4.78 is 0. The van der Waals surface area contributed by atoms with Gasteiger partial charge in [0.05, 0.1) is 0 Å². The lowest BCUT2D eigenvalue weighted by Crippen LogP contribution is -2.34. The molecule has 15 heavy (non-hydrogen) atoms. The first kappa shape index (κ1) is 12.0. The van der Waals surface area contributed by atoms with Gasteiger partial charge in [0.15, 0.2) is 6.10 Å². The first-order valence-corrected chi connectivity index (χ1v) is 4.90. The average Bonchev–Trinajstić information content (AvgIpc) is 2.26. The number of carbonyl (C=O) groups is 1. The number of hydrogen-bond acceptors (Lipinski definition) is 3. The Kier molecular flexibility index (Phi) is 4.08. The van der Waals surface area contributed by atoms with Gasteiger partial charge in [-0.1, -0.05) is 24.3 Å². The molecule has 5 heteroatoms. The van der Waals surface area contributed by atoms with Crippen LogP contribution in [0.5, 0.6) is 0 Å². The van der Waals surface area contributed by atoms with Gasteiger partial charge in [-0.25, -0.2) is 0 Å². The van der Waals surface area contributed by atoms with E-state index in [2.05, 4.69) is 0 Å². The van der Waals surface area contributed by atoms with Crippen molar-refractivity contribution < 1.29 is 15.0 Å². The molecular formula is C10H12ClNO3. The molecule has 1 aromatic carbocycles. The first-order valence-electron chi connectivity index (χ1n) is 4.37. The maximum Gasteiger partial charge on any atom is 0.249 e. The second-order valence-corrected chi connectivity index (χ2v) is 3.39. The molecule has 0 saturated heterocycles. The molecule has 1 rings (SSSR count). The van der Waals surface area contributed by atoms with E-state index in [-0.39, 0.29) is 5.88 Å². The van der Waals surface area contributed by atoms with E-state index in [1.54, 1.807) is 24.3 Å². The Balaban J connectivity index is 2.99. The smallest absolute Gasteiger partial charge is 0.249 e. The number of amides is 1. The van der Waals surface area contributed by atoms with Crippen molar-refractivity contribution >= 4 is 17.5 Å². The Hall–Kier alpha value is -1.10. The summed E-state index contributed by atoms with van der Waals surface area (Å²) in [5.41, 5.74) is 5.96. The van der Waals surface area contributed by atoms with Gasteiger partial charge in [0.25, 0.3) is 0 Å². The zero-order chi connectivity index (χ0) is 11.4. The van der Waals surface area contributed by atoms with Crippen molar-refractivity contribution in [2.75, 3.05) is 0 Å². The summed E-state index contributed by atoms with van der Waals surface area (Å²) in [6, 6.07) is 6.74. The van der Waals surface area contributed by atoms with Crippen molar-refractivity contribution in [3.63, 3.8) is 0 Å². The fraction of sp³-hybridized carbons (Fsp3) is 0.300. The summed E-state index contributed by atoms with van der Waals surface area (Å²) in [4.78, 5) is 10.7. The van der Waals surface area contributed by atoms with Crippen LogP contribution in [0, 0.1) is 0 Å². The number of aliphatic hydroxyl groups is 2. The van der Waals surface area contributed by atoms with Crippen LogP contribution in [0.15, 0.2) is 24.3 Å². The number of alkyl halides is 1. The Morgan fingerprint density at radius 1 is 1.40 bits per heavy atom. The molecule has 82 valence electrons. The van der Waals surface area contributed by atoms with Gasteiger partial charge in [-0.15, -0.1) is 11.6 Å². The Morgan fingerprint density at radius 2 is 2.00 bits per heavy atom. The van der Waals surface area contributed by atoms with Crippen molar-refractivity contribution in [3.05, 3.63) is 35.4 Å². The highest BCUT2D eigenvalue weighted by Crippen LogP contribution is 2.22. The molecule has 0 aliphatic carbocycles. The lowest BCUT2D eigenvalue weighted by molar-refractivity contribution is -0.132. The second kappa shape index (κ2) is 5.11. The molecule has 0 aliphatic rings. The van der Waals surface area contributed by atoms with Crippen molar-refractivity contribution in [2.45, 2.75) is 18.1 Å². The molecule has 2 unspecified atom stereocenters. The zero-order valence-electron chi connectivity index (χ0n) is 7.93. The minimum Gasteiger partial charge on any atom is -0.385 e. The summed E-state index contributed by atoms with van der Waals surface area (Å²) in [6.45, 7) is 0. The minimum atomic E-state index is -1.62. The van der Waals surface area contributed by atoms with Crippen LogP contribution in [-0.4, -0.2) is 22.2 Å². The normalized spacial score (nSPS) is 14.6. The van der Waals surface area contributed by atoms with Crippen LogP contribution in [0.1, 0.15) is 17.2 Å². The SMILES string of the molecule is NC(=O)C(O)C(O)c1ccccc1CCl. The number of aliphatic hydroxyl groups excluding tert-OH is 2. The third-order valence-electron chi connectivity index (χ3n) is 2.11. The summed E-state index contributed by atoms with van der Waals surface area (Å²) in [5.74, 6) is -0.773. The number of carbonyl (C=O) groups excluding carboxylic acids is 1.